The van der Waals surface area contributed by atoms with Crippen LogP contribution >= 0.6 is 0 Å². The highest BCUT2D eigenvalue weighted by Crippen LogP contribution is 2.28. The first-order chi connectivity index (χ1) is 10.1. The van der Waals surface area contributed by atoms with Crippen molar-refractivity contribution in [2.45, 2.75) is 60.3 Å². The lowest BCUT2D eigenvalue weighted by molar-refractivity contribution is -0.134. The normalized spacial score (nSPS) is 17.5. The maximum absolute atomic E-state index is 11.8. The summed E-state index contributed by atoms with van der Waals surface area (Å²) in [6.45, 7) is 11.8. The summed E-state index contributed by atoms with van der Waals surface area (Å²) >= 11 is 0. The molecule has 5 nitrogen and oxygen atoms in total. The second-order valence-electron chi connectivity index (χ2n) is 4.15. The van der Waals surface area contributed by atoms with E-state index in [1.165, 1.54) is 0 Å². The third-order valence-electron chi connectivity index (χ3n) is 2.93. The Morgan fingerprint density at radius 1 is 1.19 bits per heavy atom. The lowest BCUT2D eigenvalue weighted by Crippen LogP contribution is -2.39. The summed E-state index contributed by atoms with van der Waals surface area (Å²) in [7, 11) is 0. The van der Waals surface area contributed by atoms with Crippen molar-refractivity contribution in [1.29, 1.82) is 0 Å². The highest BCUT2D eigenvalue weighted by molar-refractivity contribution is 6.01. The van der Waals surface area contributed by atoms with Gasteiger partial charge in [0.1, 0.15) is 0 Å². The first kappa shape index (κ1) is 19.1. The Labute approximate surface area is 127 Å². The minimum atomic E-state index is -0.330. The number of aromatic nitrogens is 2. The number of hydrogen-bond donors (Lipinski definition) is 2. The largest absolute Gasteiger partial charge is 0.296 e. The molecule has 1 aliphatic rings. The Bertz CT molecular complexity index is 490. The summed E-state index contributed by atoms with van der Waals surface area (Å²) in [4.78, 5) is 22.9. The summed E-state index contributed by atoms with van der Waals surface area (Å²) in [6, 6.07) is 0. The molecule has 1 aliphatic heterocycles. The minimum absolute atomic E-state index is 0.203. The molecule has 5 heteroatoms. The lowest BCUT2D eigenvalue weighted by Gasteiger charge is -2.19. The van der Waals surface area contributed by atoms with Crippen LogP contribution < -0.4 is 5.32 Å². The van der Waals surface area contributed by atoms with Gasteiger partial charge in [0.15, 0.2) is 0 Å². The number of amides is 2. The molecule has 1 atom stereocenters. The summed E-state index contributed by atoms with van der Waals surface area (Å²) in [5.41, 5.74) is 2.61. The fourth-order valence-corrected chi connectivity index (χ4v) is 2.05. The molecule has 1 aromatic heterocycles. The van der Waals surface area contributed by atoms with E-state index in [9.17, 15) is 9.59 Å². The van der Waals surface area contributed by atoms with E-state index in [1.807, 2.05) is 53.7 Å². The van der Waals surface area contributed by atoms with Crippen molar-refractivity contribution in [1.82, 2.24) is 15.5 Å². The number of hydrogen-bond acceptors (Lipinski definition) is 3. The number of carbonyl (C=O) groups is 2. The summed E-state index contributed by atoms with van der Waals surface area (Å²) in [6.07, 6.45) is 4.74. The van der Waals surface area contributed by atoms with Crippen molar-refractivity contribution in [3.05, 3.63) is 23.0 Å². The molecule has 0 aromatic carbocycles. The monoisotopic (exact) mass is 293 g/mol. The molecule has 1 aromatic rings. The van der Waals surface area contributed by atoms with Gasteiger partial charge in [0.25, 0.3) is 0 Å². The molecule has 118 valence electrons. The first-order valence-electron chi connectivity index (χ1n) is 7.64. The summed E-state index contributed by atoms with van der Waals surface area (Å²) in [5, 5.41) is 9.42. The standard InChI is InChI=1S/C12H15N3O2.2C2H6/c1-3-4-8-7(2)14-15-11(8)9-5-6-10(16)13-12(9)17;2*1-2/h3-4,9H,5-6H2,1-2H3,(H,14,15)(H,13,16,17);2*1-2H3/b4-3-;;. The molecule has 21 heavy (non-hydrogen) atoms. The maximum atomic E-state index is 11.8. The van der Waals surface area contributed by atoms with Crippen LogP contribution in [-0.2, 0) is 9.59 Å². The zero-order valence-corrected chi connectivity index (χ0v) is 13.9. The number of aryl methyl sites for hydroxylation is 1. The van der Waals surface area contributed by atoms with Crippen LogP contribution in [0.1, 0.15) is 70.3 Å². The minimum Gasteiger partial charge on any atom is -0.296 e. The molecule has 1 fully saturated rings. The van der Waals surface area contributed by atoms with E-state index in [0.717, 1.165) is 17.0 Å². The van der Waals surface area contributed by atoms with E-state index in [2.05, 4.69) is 15.5 Å². The molecule has 0 aliphatic carbocycles. The van der Waals surface area contributed by atoms with Crippen LogP contribution in [0, 0.1) is 6.92 Å². The molecule has 0 bridgehead atoms. The molecule has 2 heterocycles. The molecule has 2 rings (SSSR count). The third kappa shape index (κ3) is 4.85. The number of carbonyl (C=O) groups excluding carboxylic acids is 2. The van der Waals surface area contributed by atoms with Crippen LogP contribution in [0.15, 0.2) is 6.08 Å². The number of allylic oxidation sites excluding steroid dienone is 1. The van der Waals surface area contributed by atoms with E-state index < -0.39 is 0 Å². The Hall–Kier alpha value is -1.91. The molecule has 2 amide bonds. The average molecular weight is 293 g/mol. The number of rotatable bonds is 2. The van der Waals surface area contributed by atoms with Crippen molar-refractivity contribution in [3.8, 4) is 0 Å². The Morgan fingerprint density at radius 2 is 1.81 bits per heavy atom. The second-order valence-corrected chi connectivity index (χ2v) is 4.15. The molecule has 0 saturated carbocycles. The molecule has 1 unspecified atom stereocenters. The van der Waals surface area contributed by atoms with Gasteiger partial charge < -0.3 is 0 Å². The van der Waals surface area contributed by atoms with Gasteiger partial charge in [0.05, 0.1) is 11.6 Å². The van der Waals surface area contributed by atoms with Gasteiger partial charge in [-0.25, -0.2) is 0 Å². The predicted molar refractivity (Wildman–Crippen MR) is 85.9 cm³/mol. The van der Waals surface area contributed by atoms with Crippen LogP contribution in [0.4, 0.5) is 0 Å². The SMILES string of the molecule is C/C=C\c1c(C2CCC(=O)NC2=O)n[nH]c1C.CC.CC. The predicted octanol–water partition coefficient (Wildman–Crippen LogP) is 3.32. The number of aromatic amines is 1. The quantitative estimate of drug-likeness (QED) is 0.821. The Kier molecular flexibility index (Phi) is 9.01. The smallest absolute Gasteiger partial charge is 0.235 e. The zero-order valence-electron chi connectivity index (χ0n) is 13.9. The highest BCUT2D eigenvalue weighted by atomic mass is 16.2. The maximum Gasteiger partial charge on any atom is 0.235 e. The van der Waals surface area contributed by atoms with Crippen LogP contribution in [0.2, 0.25) is 0 Å². The zero-order chi connectivity index (χ0) is 16.4. The number of piperidine rings is 1. The van der Waals surface area contributed by atoms with Crippen LogP contribution in [0.3, 0.4) is 0 Å². The van der Waals surface area contributed by atoms with E-state index in [0.29, 0.717) is 12.8 Å². The number of H-pyrrole nitrogens is 1. The van der Waals surface area contributed by atoms with E-state index >= 15 is 0 Å². The molecule has 0 spiro atoms. The van der Waals surface area contributed by atoms with E-state index in [-0.39, 0.29) is 17.7 Å². The molecule has 0 radical (unpaired) electrons. The summed E-state index contributed by atoms with van der Waals surface area (Å²) in [5.74, 6) is -0.784. The Morgan fingerprint density at radius 3 is 2.33 bits per heavy atom. The van der Waals surface area contributed by atoms with Crippen LogP contribution in [-0.4, -0.2) is 22.0 Å². The fraction of sp³-hybridized carbons (Fsp3) is 0.562. The van der Waals surface area contributed by atoms with Gasteiger partial charge in [-0.1, -0.05) is 39.8 Å². The highest BCUT2D eigenvalue weighted by Gasteiger charge is 2.31. The molecule has 2 N–H and O–H groups in total. The number of nitrogens with one attached hydrogen (secondary N) is 2. The lowest BCUT2D eigenvalue weighted by atomic mass is 9.92. The van der Waals surface area contributed by atoms with Gasteiger partial charge in [-0.3, -0.25) is 20.0 Å². The van der Waals surface area contributed by atoms with Gasteiger partial charge in [-0.05, 0) is 20.3 Å². The molecule has 1 saturated heterocycles. The summed E-state index contributed by atoms with van der Waals surface area (Å²) < 4.78 is 0. The number of nitrogens with zero attached hydrogens (tertiary/aromatic N) is 1. The van der Waals surface area contributed by atoms with Gasteiger partial charge >= 0.3 is 0 Å². The van der Waals surface area contributed by atoms with Gasteiger partial charge in [-0.15, -0.1) is 0 Å². The van der Waals surface area contributed by atoms with Gasteiger partial charge in [0, 0.05) is 17.7 Å². The van der Waals surface area contributed by atoms with Gasteiger partial charge in [-0.2, -0.15) is 5.10 Å². The van der Waals surface area contributed by atoms with Crippen LogP contribution in [0.5, 0.6) is 0 Å². The first-order valence-corrected chi connectivity index (χ1v) is 7.64. The second kappa shape index (κ2) is 9.91. The Balaban J connectivity index is 0.000000921. The average Bonchev–Trinajstić information content (AvgIpc) is 2.85. The molecular weight excluding hydrogens is 266 g/mol. The van der Waals surface area contributed by atoms with Crippen LogP contribution in [0.25, 0.3) is 6.08 Å². The third-order valence-corrected chi connectivity index (χ3v) is 2.93. The fourth-order valence-electron chi connectivity index (χ4n) is 2.05. The number of imide groups is 1. The molecular formula is C16H27N3O2. The van der Waals surface area contributed by atoms with E-state index in [4.69, 9.17) is 0 Å². The van der Waals surface area contributed by atoms with Crippen molar-refractivity contribution in [3.63, 3.8) is 0 Å². The van der Waals surface area contributed by atoms with Crippen molar-refractivity contribution in [2.24, 2.45) is 0 Å². The van der Waals surface area contributed by atoms with Crippen molar-refractivity contribution >= 4 is 17.9 Å². The van der Waals surface area contributed by atoms with Crippen molar-refractivity contribution < 1.29 is 9.59 Å². The van der Waals surface area contributed by atoms with Crippen molar-refractivity contribution in [2.75, 3.05) is 0 Å². The van der Waals surface area contributed by atoms with E-state index in [1.54, 1.807) is 0 Å². The van der Waals surface area contributed by atoms with Gasteiger partial charge in [0.2, 0.25) is 11.8 Å². The topological polar surface area (TPSA) is 74.8 Å².